The van der Waals surface area contributed by atoms with E-state index in [2.05, 4.69) is 4.98 Å². The van der Waals surface area contributed by atoms with E-state index in [1.54, 1.807) is 31.4 Å². The van der Waals surface area contributed by atoms with Crippen LogP contribution in [-0.4, -0.2) is 31.7 Å². The lowest BCUT2D eigenvalue weighted by atomic mass is 10.1. The molecule has 2 rings (SSSR count). The summed E-state index contributed by atoms with van der Waals surface area (Å²) in [6, 6.07) is 5.47. The highest BCUT2D eigenvalue weighted by Gasteiger charge is 2.19. The molecule has 6 nitrogen and oxygen atoms in total. The molecule has 0 aliphatic carbocycles. The van der Waals surface area contributed by atoms with Crippen molar-refractivity contribution in [1.29, 1.82) is 0 Å². The van der Waals surface area contributed by atoms with Crippen molar-refractivity contribution in [1.82, 2.24) is 4.98 Å². The Hall–Kier alpha value is -1.83. The minimum Gasteiger partial charge on any atom is -0.497 e. The van der Waals surface area contributed by atoms with Crippen LogP contribution in [-0.2, 0) is 11.3 Å². The van der Waals surface area contributed by atoms with Crippen molar-refractivity contribution in [2.45, 2.75) is 6.54 Å². The number of nitrogens with zero attached hydrogens (tertiary/aromatic N) is 2. The monoisotopic (exact) mass is 343 g/mol. The molecule has 0 saturated heterocycles. The van der Waals surface area contributed by atoms with E-state index in [4.69, 9.17) is 15.2 Å². The average Bonchev–Trinajstić information content (AvgIpc) is 3.05. The molecule has 8 heteroatoms. The first kappa shape index (κ1) is 18.2. The fourth-order valence-corrected chi connectivity index (χ4v) is 2.53. The number of carbonyl (C=O) groups is 1. The molecule has 0 aliphatic heterocycles. The predicted molar refractivity (Wildman–Crippen MR) is 89.2 cm³/mol. The Morgan fingerprint density at radius 1 is 1.36 bits per heavy atom. The van der Waals surface area contributed by atoms with Crippen molar-refractivity contribution >= 4 is 34.8 Å². The summed E-state index contributed by atoms with van der Waals surface area (Å²) in [5, 5.41) is 2.43. The second-order valence-corrected chi connectivity index (χ2v) is 5.05. The summed E-state index contributed by atoms with van der Waals surface area (Å²) in [4.78, 5) is 17.8. The Labute approximate surface area is 139 Å². The third-order valence-corrected chi connectivity index (χ3v) is 3.74. The lowest BCUT2D eigenvalue weighted by Crippen LogP contribution is -2.35. The summed E-state index contributed by atoms with van der Waals surface area (Å²) < 4.78 is 10.5. The number of halogens is 1. The minimum absolute atomic E-state index is 0. The van der Waals surface area contributed by atoms with Gasteiger partial charge in [0.05, 0.1) is 27.3 Å². The highest BCUT2D eigenvalue weighted by atomic mass is 35.5. The molecule has 1 heterocycles. The minimum atomic E-state index is -0.192. The van der Waals surface area contributed by atoms with Crippen LogP contribution in [0.3, 0.4) is 0 Å². The van der Waals surface area contributed by atoms with Gasteiger partial charge in [0.1, 0.15) is 11.5 Å². The Morgan fingerprint density at radius 3 is 2.68 bits per heavy atom. The van der Waals surface area contributed by atoms with Crippen LogP contribution in [0.15, 0.2) is 29.8 Å². The van der Waals surface area contributed by atoms with Crippen LogP contribution in [0.2, 0.25) is 0 Å². The van der Waals surface area contributed by atoms with E-state index in [0.29, 0.717) is 23.2 Å². The quantitative estimate of drug-likeness (QED) is 0.868. The van der Waals surface area contributed by atoms with E-state index in [1.165, 1.54) is 11.3 Å². The van der Waals surface area contributed by atoms with Crippen LogP contribution < -0.4 is 20.1 Å². The molecule has 1 aromatic heterocycles. The Balaban J connectivity index is 0.00000242. The van der Waals surface area contributed by atoms with Gasteiger partial charge < -0.3 is 15.2 Å². The summed E-state index contributed by atoms with van der Waals surface area (Å²) in [5.74, 6) is 1.16. The SMILES string of the molecule is COc1ccc(CN(C(=O)CN)c2nccs2)c(OC)c1.Cl. The van der Waals surface area contributed by atoms with Crippen LogP contribution in [0.5, 0.6) is 11.5 Å². The number of carbonyl (C=O) groups excluding carboxylic acids is 1. The highest BCUT2D eigenvalue weighted by molar-refractivity contribution is 7.13. The van der Waals surface area contributed by atoms with Gasteiger partial charge in [0.2, 0.25) is 5.91 Å². The molecular weight excluding hydrogens is 326 g/mol. The van der Waals surface area contributed by atoms with Gasteiger partial charge in [0.25, 0.3) is 0 Å². The molecule has 2 N–H and O–H groups in total. The molecule has 0 aliphatic rings. The van der Waals surface area contributed by atoms with Crippen molar-refractivity contribution in [3.63, 3.8) is 0 Å². The second-order valence-electron chi connectivity index (χ2n) is 4.18. The van der Waals surface area contributed by atoms with Crippen LogP contribution in [0.25, 0.3) is 0 Å². The van der Waals surface area contributed by atoms with Crippen molar-refractivity contribution < 1.29 is 14.3 Å². The topological polar surface area (TPSA) is 77.7 Å². The molecule has 0 unspecified atom stereocenters. The smallest absolute Gasteiger partial charge is 0.242 e. The number of hydrogen-bond acceptors (Lipinski definition) is 6. The molecule has 2 aromatic rings. The van der Waals surface area contributed by atoms with Gasteiger partial charge in [-0.25, -0.2) is 4.98 Å². The van der Waals surface area contributed by atoms with Crippen LogP contribution >= 0.6 is 23.7 Å². The zero-order valence-corrected chi connectivity index (χ0v) is 13.9. The zero-order chi connectivity index (χ0) is 15.2. The molecule has 0 spiro atoms. The largest absolute Gasteiger partial charge is 0.497 e. The maximum Gasteiger partial charge on any atom is 0.242 e. The third kappa shape index (κ3) is 4.09. The molecule has 1 aromatic carbocycles. The van der Waals surface area contributed by atoms with E-state index in [1.807, 2.05) is 17.5 Å². The van der Waals surface area contributed by atoms with E-state index >= 15 is 0 Å². The van der Waals surface area contributed by atoms with E-state index in [-0.39, 0.29) is 24.9 Å². The molecular formula is C14H18ClN3O3S. The summed E-state index contributed by atoms with van der Waals surface area (Å²) >= 11 is 1.39. The molecule has 0 saturated carbocycles. The first-order valence-electron chi connectivity index (χ1n) is 6.30. The van der Waals surface area contributed by atoms with Crippen molar-refractivity contribution in [3.8, 4) is 11.5 Å². The molecule has 0 radical (unpaired) electrons. The Bertz CT molecular complexity index is 607. The van der Waals surface area contributed by atoms with Crippen molar-refractivity contribution in [3.05, 3.63) is 35.3 Å². The van der Waals surface area contributed by atoms with Gasteiger partial charge in [-0.2, -0.15) is 0 Å². The number of aromatic nitrogens is 1. The first-order chi connectivity index (χ1) is 10.2. The molecule has 22 heavy (non-hydrogen) atoms. The molecule has 1 amide bonds. The third-order valence-electron chi connectivity index (χ3n) is 2.95. The number of amides is 1. The summed E-state index contributed by atoms with van der Waals surface area (Å²) in [6.07, 6.45) is 1.65. The fourth-order valence-electron chi connectivity index (χ4n) is 1.87. The average molecular weight is 344 g/mol. The van der Waals surface area contributed by atoms with Crippen molar-refractivity contribution in [2.24, 2.45) is 5.73 Å². The number of hydrogen-bond donors (Lipinski definition) is 1. The maximum absolute atomic E-state index is 12.0. The number of methoxy groups -OCH3 is 2. The predicted octanol–water partition coefficient (Wildman–Crippen LogP) is 2.07. The number of ether oxygens (including phenoxy) is 2. The lowest BCUT2D eigenvalue weighted by Gasteiger charge is -2.20. The fraction of sp³-hybridized carbons (Fsp3) is 0.286. The van der Waals surface area contributed by atoms with Gasteiger partial charge in [0.15, 0.2) is 5.13 Å². The van der Waals surface area contributed by atoms with Gasteiger partial charge >= 0.3 is 0 Å². The summed E-state index contributed by atoms with van der Waals surface area (Å²) in [7, 11) is 3.17. The lowest BCUT2D eigenvalue weighted by molar-refractivity contribution is -0.117. The Morgan fingerprint density at radius 2 is 2.14 bits per heavy atom. The standard InChI is InChI=1S/C14H17N3O3S.ClH/c1-19-11-4-3-10(12(7-11)20-2)9-17(13(18)8-15)14-16-5-6-21-14;/h3-7H,8-9,15H2,1-2H3;1H. The number of thiazole rings is 1. The van der Waals surface area contributed by atoms with Gasteiger partial charge in [-0.05, 0) is 12.1 Å². The van der Waals surface area contributed by atoms with E-state index in [9.17, 15) is 4.79 Å². The number of rotatable bonds is 6. The second kappa shape index (κ2) is 8.57. The number of anilines is 1. The summed E-state index contributed by atoms with van der Waals surface area (Å²) in [5.41, 5.74) is 6.34. The number of benzene rings is 1. The van der Waals surface area contributed by atoms with Crippen LogP contribution in [0, 0.1) is 0 Å². The number of nitrogens with two attached hydrogens (primary N) is 1. The van der Waals surface area contributed by atoms with Crippen molar-refractivity contribution in [2.75, 3.05) is 25.7 Å². The normalized spacial score (nSPS) is 9.77. The van der Waals surface area contributed by atoms with E-state index < -0.39 is 0 Å². The Kier molecular flexibility index (Phi) is 7.10. The maximum atomic E-state index is 12.0. The van der Waals surface area contributed by atoms with Gasteiger partial charge in [-0.1, -0.05) is 0 Å². The molecule has 0 atom stereocenters. The zero-order valence-electron chi connectivity index (χ0n) is 12.3. The first-order valence-corrected chi connectivity index (χ1v) is 7.18. The van der Waals surface area contributed by atoms with Gasteiger partial charge in [-0.3, -0.25) is 9.69 Å². The summed E-state index contributed by atoms with van der Waals surface area (Å²) in [6.45, 7) is 0.273. The van der Waals surface area contributed by atoms with Crippen LogP contribution in [0.1, 0.15) is 5.56 Å². The molecule has 0 fully saturated rings. The molecule has 0 bridgehead atoms. The molecule has 120 valence electrons. The van der Waals surface area contributed by atoms with Gasteiger partial charge in [-0.15, -0.1) is 23.7 Å². The van der Waals surface area contributed by atoms with Gasteiger partial charge in [0, 0.05) is 23.2 Å². The van der Waals surface area contributed by atoms with Crippen LogP contribution in [0.4, 0.5) is 5.13 Å². The van der Waals surface area contributed by atoms with E-state index in [0.717, 1.165) is 5.56 Å². The highest BCUT2D eigenvalue weighted by Crippen LogP contribution is 2.28.